The number of aryl methyl sites for hydroxylation is 2. The molecule has 0 bridgehead atoms. The fraction of sp³-hybridized carbons (Fsp3) is 0.600. The quantitative estimate of drug-likeness (QED) is 0.640. The molecular weight excluding hydrogens is 180 g/mol. The predicted molar refractivity (Wildman–Crippen MR) is 51.3 cm³/mol. The highest BCUT2D eigenvalue weighted by Gasteiger charge is 1.95. The summed E-state index contributed by atoms with van der Waals surface area (Å²) in [7, 11) is 0. The Hall–Kier alpha value is -1.32. The second-order valence-corrected chi connectivity index (χ2v) is 2.80. The number of rotatable bonds is 3. The summed E-state index contributed by atoms with van der Waals surface area (Å²) in [6.07, 6.45) is 6.40. The molecule has 0 unspecified atom stereocenters. The Balaban J connectivity index is 0.000000292. The van der Waals surface area contributed by atoms with Gasteiger partial charge in [0.05, 0.1) is 13.1 Å². The van der Waals surface area contributed by atoms with Crippen LogP contribution in [-0.2, 0) is 17.9 Å². The minimum absolute atomic E-state index is 0.111. The molecule has 0 atom stereocenters. The molecule has 0 radical (unpaired) electrons. The Morgan fingerprint density at radius 3 is 2.21 bits per heavy atom. The molecule has 4 heteroatoms. The Labute approximate surface area is 84.8 Å². The van der Waals surface area contributed by atoms with Crippen LogP contribution in [0.2, 0.25) is 0 Å². The molecule has 0 amide bonds. The monoisotopic (exact) mass is 198 g/mol. The van der Waals surface area contributed by atoms with Gasteiger partial charge in [0, 0.05) is 5.97 Å². The van der Waals surface area contributed by atoms with E-state index in [0.29, 0.717) is 0 Å². The maximum absolute atomic E-state index is 9.26. The average molecular weight is 198 g/mol. The molecule has 80 valence electrons. The van der Waals surface area contributed by atoms with Gasteiger partial charge in [-0.3, -0.25) is 0 Å². The van der Waals surface area contributed by atoms with E-state index < -0.39 is 5.97 Å². The minimum Gasteiger partial charge on any atom is -0.550 e. The summed E-state index contributed by atoms with van der Waals surface area (Å²) in [6.45, 7) is 7.94. The van der Waals surface area contributed by atoms with Gasteiger partial charge in [-0.05, 0) is 20.3 Å². The van der Waals surface area contributed by atoms with Crippen LogP contribution in [0.25, 0.3) is 0 Å². The van der Waals surface area contributed by atoms with E-state index in [1.165, 1.54) is 6.92 Å². The number of carboxylic acid groups (broad SMARTS) is 1. The van der Waals surface area contributed by atoms with Crippen LogP contribution in [0.4, 0.5) is 0 Å². The van der Waals surface area contributed by atoms with Crippen molar-refractivity contribution in [3.05, 3.63) is 18.7 Å². The lowest BCUT2D eigenvalue weighted by molar-refractivity contribution is -0.693. The van der Waals surface area contributed by atoms with Gasteiger partial charge in [0.15, 0.2) is 0 Å². The number of carbonyl (C=O) groups is 1. The molecule has 0 aromatic carbocycles. The lowest BCUT2D eigenvalue weighted by atomic mass is 10.5. The molecule has 0 aliphatic rings. The molecule has 0 N–H and O–H groups in total. The summed E-state index contributed by atoms with van der Waals surface area (Å²) >= 11 is 0. The van der Waals surface area contributed by atoms with Crippen LogP contribution in [0.15, 0.2) is 18.7 Å². The Bertz CT molecular complexity index is 250. The number of imidazole rings is 1. The van der Waals surface area contributed by atoms with Gasteiger partial charge >= 0.3 is 0 Å². The molecule has 14 heavy (non-hydrogen) atoms. The van der Waals surface area contributed by atoms with Gasteiger partial charge in [0.2, 0.25) is 6.33 Å². The zero-order chi connectivity index (χ0) is 11.0. The topological polar surface area (TPSA) is 48.9 Å². The first-order chi connectivity index (χ1) is 6.63. The molecule has 0 aliphatic carbocycles. The Morgan fingerprint density at radius 2 is 2.00 bits per heavy atom. The highest BCUT2D eigenvalue weighted by Crippen LogP contribution is 1.81. The summed E-state index contributed by atoms with van der Waals surface area (Å²) in [5, 5.41) is 9.26. The standard InChI is InChI=1S/C7H13N2.C3H6O2/c1-3-8-5-6-9(4-2)7-8;1-2-3(4)5/h5-7H,3-4H2,1-2H3;2H2,1H3,(H,4,5)/q+1;/p-1. The second kappa shape index (κ2) is 7.12. The molecule has 0 saturated heterocycles. The zero-order valence-corrected chi connectivity index (χ0v) is 9.06. The number of carboxylic acids is 1. The highest BCUT2D eigenvalue weighted by atomic mass is 16.4. The van der Waals surface area contributed by atoms with E-state index in [1.54, 1.807) is 0 Å². The number of nitrogens with zero attached hydrogens (tertiary/aromatic N) is 2. The van der Waals surface area contributed by atoms with Gasteiger partial charge in [0.25, 0.3) is 0 Å². The van der Waals surface area contributed by atoms with Crippen LogP contribution >= 0.6 is 0 Å². The zero-order valence-electron chi connectivity index (χ0n) is 9.06. The second-order valence-electron chi connectivity index (χ2n) is 2.80. The van der Waals surface area contributed by atoms with E-state index in [9.17, 15) is 9.90 Å². The third-order valence-electron chi connectivity index (χ3n) is 1.77. The normalized spacial score (nSPS) is 9.07. The van der Waals surface area contributed by atoms with E-state index in [0.717, 1.165) is 13.1 Å². The van der Waals surface area contributed by atoms with Gasteiger partial charge in [-0.1, -0.05) is 6.92 Å². The summed E-state index contributed by atoms with van der Waals surface area (Å²) in [6, 6.07) is 0. The fourth-order valence-electron chi connectivity index (χ4n) is 0.813. The largest absolute Gasteiger partial charge is 0.550 e. The molecule has 0 fully saturated rings. The molecule has 1 aromatic rings. The number of carbonyl (C=O) groups excluding carboxylic acids is 1. The molecule has 4 nitrogen and oxygen atoms in total. The van der Waals surface area contributed by atoms with Crippen molar-refractivity contribution in [3.63, 3.8) is 0 Å². The predicted octanol–water partition coefficient (Wildman–Crippen LogP) is -0.0383. The van der Waals surface area contributed by atoms with Crippen molar-refractivity contribution in [1.82, 2.24) is 4.57 Å². The van der Waals surface area contributed by atoms with Crippen LogP contribution in [-0.4, -0.2) is 10.5 Å². The molecule has 0 spiro atoms. The number of aromatic nitrogens is 2. The summed E-state index contributed by atoms with van der Waals surface area (Å²) in [5.41, 5.74) is 0. The van der Waals surface area contributed by atoms with Gasteiger partial charge in [-0.2, -0.15) is 0 Å². The Morgan fingerprint density at radius 1 is 1.43 bits per heavy atom. The van der Waals surface area contributed by atoms with Crippen molar-refractivity contribution in [2.75, 3.05) is 0 Å². The maximum Gasteiger partial charge on any atom is 0.243 e. The van der Waals surface area contributed by atoms with Crippen LogP contribution < -0.4 is 9.67 Å². The van der Waals surface area contributed by atoms with Gasteiger partial charge in [-0.15, -0.1) is 0 Å². The summed E-state index contributed by atoms with van der Waals surface area (Å²) in [4.78, 5) is 9.26. The lowest BCUT2D eigenvalue weighted by Crippen LogP contribution is -2.28. The number of hydrogen-bond acceptors (Lipinski definition) is 2. The summed E-state index contributed by atoms with van der Waals surface area (Å²) in [5.74, 6) is -0.995. The molecule has 1 heterocycles. The number of hydrogen-bond donors (Lipinski definition) is 0. The molecule has 0 saturated carbocycles. The van der Waals surface area contributed by atoms with Gasteiger partial charge in [0.1, 0.15) is 12.4 Å². The van der Waals surface area contributed by atoms with Crippen LogP contribution in [0.5, 0.6) is 0 Å². The van der Waals surface area contributed by atoms with Crippen molar-refractivity contribution in [2.24, 2.45) is 0 Å². The minimum atomic E-state index is -0.995. The van der Waals surface area contributed by atoms with Crippen molar-refractivity contribution < 1.29 is 14.5 Å². The van der Waals surface area contributed by atoms with Crippen molar-refractivity contribution in [1.29, 1.82) is 0 Å². The van der Waals surface area contributed by atoms with Crippen molar-refractivity contribution >= 4 is 5.97 Å². The molecule has 0 aliphatic heterocycles. The third-order valence-corrected chi connectivity index (χ3v) is 1.77. The van der Waals surface area contributed by atoms with E-state index in [-0.39, 0.29) is 6.42 Å². The van der Waals surface area contributed by atoms with Gasteiger partial charge < -0.3 is 9.90 Å². The fourth-order valence-corrected chi connectivity index (χ4v) is 0.813. The Kier molecular flexibility index (Phi) is 6.45. The first-order valence-corrected chi connectivity index (χ1v) is 4.88. The van der Waals surface area contributed by atoms with E-state index in [1.807, 2.05) is 0 Å². The summed E-state index contributed by atoms with van der Waals surface area (Å²) < 4.78 is 4.31. The van der Waals surface area contributed by atoms with Crippen molar-refractivity contribution in [3.8, 4) is 0 Å². The smallest absolute Gasteiger partial charge is 0.243 e. The van der Waals surface area contributed by atoms with Crippen molar-refractivity contribution in [2.45, 2.75) is 40.3 Å². The van der Waals surface area contributed by atoms with Crippen LogP contribution in [0.3, 0.4) is 0 Å². The van der Waals surface area contributed by atoms with E-state index >= 15 is 0 Å². The van der Waals surface area contributed by atoms with Crippen LogP contribution in [0.1, 0.15) is 27.2 Å². The third kappa shape index (κ3) is 5.35. The average Bonchev–Trinajstić information content (AvgIpc) is 2.66. The first kappa shape index (κ1) is 12.7. The molecule has 1 rings (SSSR count). The highest BCUT2D eigenvalue weighted by molar-refractivity contribution is 5.63. The lowest BCUT2D eigenvalue weighted by Gasteiger charge is -1.87. The molecule has 1 aromatic heterocycles. The van der Waals surface area contributed by atoms with Crippen LogP contribution in [0, 0.1) is 0 Å². The number of aliphatic carboxylic acids is 1. The van der Waals surface area contributed by atoms with Gasteiger partial charge in [-0.25, -0.2) is 9.13 Å². The van der Waals surface area contributed by atoms with E-state index in [4.69, 9.17) is 0 Å². The molecular formula is C10H18N2O2. The maximum atomic E-state index is 9.26. The SMILES string of the molecule is CCC(=O)[O-].CCn1cc[n+](CC)c1. The first-order valence-electron chi connectivity index (χ1n) is 4.88. The van der Waals surface area contributed by atoms with E-state index in [2.05, 4.69) is 41.7 Å².